The van der Waals surface area contributed by atoms with Crippen molar-refractivity contribution >= 4 is 5.78 Å². The molecular weight excluding hydrogens is 297 g/mol. The summed E-state index contributed by atoms with van der Waals surface area (Å²) >= 11 is 0. The van der Waals surface area contributed by atoms with E-state index in [2.05, 4.69) is 4.74 Å². The Hall–Kier alpha value is -1.80. The van der Waals surface area contributed by atoms with Crippen molar-refractivity contribution in [3.8, 4) is 5.75 Å². The lowest BCUT2D eigenvalue weighted by atomic mass is 9.99. The third kappa shape index (κ3) is 3.61. The van der Waals surface area contributed by atoms with Gasteiger partial charge in [-0.2, -0.15) is 22.0 Å². The minimum absolute atomic E-state index is 0.0414. The summed E-state index contributed by atoms with van der Waals surface area (Å²) in [6.07, 6.45) is -8.50. The summed E-state index contributed by atoms with van der Waals surface area (Å²) in [7, 11) is 0. The van der Waals surface area contributed by atoms with Crippen molar-refractivity contribution in [1.82, 2.24) is 0 Å². The molecule has 20 heavy (non-hydrogen) atoms. The molecule has 1 rings (SSSR count). The average molecular weight is 304 g/mol. The van der Waals surface area contributed by atoms with E-state index in [1.807, 2.05) is 0 Å². The van der Waals surface area contributed by atoms with Crippen LogP contribution in [0.3, 0.4) is 0 Å². The molecule has 0 bridgehead atoms. The summed E-state index contributed by atoms with van der Waals surface area (Å²) in [6.45, 7) is -2.87. The zero-order valence-electron chi connectivity index (χ0n) is 9.77. The number of hydrogen-bond acceptors (Lipinski definition) is 2. The summed E-state index contributed by atoms with van der Waals surface area (Å²) in [6, 6.07) is 0.336. The molecule has 0 radical (unpaired) electrons. The lowest BCUT2D eigenvalue weighted by Crippen LogP contribution is -2.16. The number of ether oxygens (including phenoxy) is 1. The lowest BCUT2D eigenvalue weighted by molar-refractivity contribution is -0.138. The number of benzene rings is 1. The number of Topliss-reactive ketones (excluding diaryl/α,β-unsaturated/α-hetero) is 1. The number of hydrogen-bond donors (Lipinski definition) is 0. The van der Waals surface area contributed by atoms with Crippen LogP contribution in [-0.2, 0) is 6.18 Å². The summed E-state index contributed by atoms with van der Waals surface area (Å²) < 4.78 is 91.2. The standard InChI is InChI=1S/C11H7F7O2/c1-4(19)8-6(11(16,17)18)2-5(9(12)13)3-7(8)20-10(14)15/h2-3,9-10H,1H3. The Morgan fingerprint density at radius 1 is 1.15 bits per heavy atom. The molecule has 1 aromatic rings. The molecule has 0 atom stereocenters. The van der Waals surface area contributed by atoms with Gasteiger partial charge in [0.05, 0.1) is 11.1 Å². The van der Waals surface area contributed by atoms with Crippen LogP contribution in [0.25, 0.3) is 0 Å². The molecule has 0 unspecified atom stereocenters. The van der Waals surface area contributed by atoms with Gasteiger partial charge < -0.3 is 4.74 Å². The largest absolute Gasteiger partial charge is 0.434 e. The van der Waals surface area contributed by atoms with E-state index in [0.29, 0.717) is 13.0 Å². The SMILES string of the molecule is CC(=O)c1c(OC(F)F)cc(C(F)F)cc1C(F)(F)F. The first-order valence-electron chi connectivity index (χ1n) is 5.03. The number of halogens is 7. The van der Waals surface area contributed by atoms with Crippen LogP contribution in [0.4, 0.5) is 30.7 Å². The molecule has 0 fully saturated rings. The van der Waals surface area contributed by atoms with Crippen LogP contribution >= 0.6 is 0 Å². The zero-order valence-corrected chi connectivity index (χ0v) is 9.77. The molecule has 2 nitrogen and oxygen atoms in total. The molecule has 0 N–H and O–H groups in total. The number of carbonyl (C=O) groups is 1. The second-order valence-corrected chi connectivity index (χ2v) is 3.67. The Bertz CT molecular complexity index is 508. The van der Waals surface area contributed by atoms with Crippen LogP contribution in [0.1, 0.15) is 34.8 Å². The molecule has 9 heteroatoms. The number of alkyl halides is 7. The molecule has 0 saturated heterocycles. The van der Waals surface area contributed by atoms with Crippen molar-refractivity contribution in [2.75, 3.05) is 0 Å². The third-order valence-electron chi connectivity index (χ3n) is 2.25. The third-order valence-corrected chi connectivity index (χ3v) is 2.25. The fraction of sp³-hybridized carbons (Fsp3) is 0.364. The van der Waals surface area contributed by atoms with Crippen molar-refractivity contribution in [1.29, 1.82) is 0 Å². The van der Waals surface area contributed by atoms with E-state index in [1.54, 1.807) is 0 Å². The highest BCUT2D eigenvalue weighted by Gasteiger charge is 2.38. The molecule has 0 aliphatic carbocycles. The predicted octanol–water partition coefficient (Wildman–Crippen LogP) is 4.45. The first-order chi connectivity index (χ1) is 9.04. The molecule has 0 saturated carbocycles. The molecular formula is C11H7F7O2. The van der Waals surface area contributed by atoms with Crippen molar-refractivity contribution in [2.45, 2.75) is 26.1 Å². The van der Waals surface area contributed by atoms with E-state index in [4.69, 9.17) is 0 Å². The molecule has 0 aromatic heterocycles. The fourth-order valence-corrected chi connectivity index (χ4v) is 1.54. The lowest BCUT2D eigenvalue weighted by Gasteiger charge is -2.17. The first-order valence-corrected chi connectivity index (χ1v) is 5.03. The van der Waals surface area contributed by atoms with Crippen molar-refractivity contribution < 1.29 is 40.3 Å². The van der Waals surface area contributed by atoms with Crippen LogP contribution in [-0.4, -0.2) is 12.4 Å². The van der Waals surface area contributed by atoms with E-state index in [1.165, 1.54) is 0 Å². The Balaban J connectivity index is 3.62. The quantitative estimate of drug-likeness (QED) is 0.607. The van der Waals surface area contributed by atoms with E-state index in [0.717, 1.165) is 0 Å². The van der Waals surface area contributed by atoms with Crippen LogP contribution < -0.4 is 4.74 Å². The number of carbonyl (C=O) groups excluding carboxylic acids is 1. The first kappa shape index (κ1) is 16.3. The molecule has 0 aliphatic heterocycles. The maximum absolute atomic E-state index is 12.7. The molecule has 0 heterocycles. The van der Waals surface area contributed by atoms with Gasteiger partial charge in [-0.05, 0) is 19.1 Å². The van der Waals surface area contributed by atoms with Gasteiger partial charge in [0.2, 0.25) is 0 Å². The Kier molecular flexibility index (Phi) is 4.61. The number of ketones is 1. The van der Waals surface area contributed by atoms with E-state index in [-0.39, 0.29) is 6.07 Å². The molecule has 0 amide bonds. The monoisotopic (exact) mass is 304 g/mol. The van der Waals surface area contributed by atoms with Crippen molar-refractivity contribution in [3.63, 3.8) is 0 Å². The van der Waals surface area contributed by atoms with Crippen LogP contribution in [0, 0.1) is 0 Å². The predicted molar refractivity (Wildman–Crippen MR) is 53.0 cm³/mol. The topological polar surface area (TPSA) is 26.3 Å². The molecule has 0 spiro atoms. The van der Waals surface area contributed by atoms with E-state index < -0.39 is 47.4 Å². The zero-order chi connectivity index (χ0) is 15.7. The second kappa shape index (κ2) is 5.68. The van der Waals surface area contributed by atoms with Gasteiger partial charge in [-0.25, -0.2) is 8.78 Å². The van der Waals surface area contributed by atoms with Gasteiger partial charge in [-0.15, -0.1) is 0 Å². The summed E-state index contributed by atoms with van der Waals surface area (Å²) in [5.74, 6) is -2.45. The van der Waals surface area contributed by atoms with Gasteiger partial charge >= 0.3 is 12.8 Å². The van der Waals surface area contributed by atoms with E-state index in [9.17, 15) is 35.5 Å². The Morgan fingerprint density at radius 2 is 1.70 bits per heavy atom. The smallest absolute Gasteiger partial charge is 0.417 e. The van der Waals surface area contributed by atoms with Gasteiger partial charge in [0.25, 0.3) is 6.43 Å². The second-order valence-electron chi connectivity index (χ2n) is 3.67. The van der Waals surface area contributed by atoms with Crippen molar-refractivity contribution in [2.24, 2.45) is 0 Å². The molecule has 1 aromatic carbocycles. The van der Waals surface area contributed by atoms with Crippen LogP contribution in [0.2, 0.25) is 0 Å². The summed E-state index contributed by atoms with van der Waals surface area (Å²) in [4.78, 5) is 11.2. The Labute approximate surface area is 108 Å². The summed E-state index contributed by atoms with van der Waals surface area (Å²) in [5.41, 5.74) is -4.11. The maximum atomic E-state index is 12.7. The molecule has 112 valence electrons. The molecule has 0 aliphatic rings. The minimum atomic E-state index is -5.16. The highest BCUT2D eigenvalue weighted by atomic mass is 19.4. The Morgan fingerprint density at radius 3 is 2.05 bits per heavy atom. The van der Waals surface area contributed by atoms with Gasteiger partial charge in [0, 0.05) is 5.56 Å². The minimum Gasteiger partial charge on any atom is -0.434 e. The summed E-state index contributed by atoms with van der Waals surface area (Å²) in [5, 5.41) is 0. The van der Waals surface area contributed by atoms with Gasteiger partial charge in [-0.1, -0.05) is 0 Å². The highest BCUT2D eigenvalue weighted by molar-refractivity contribution is 5.98. The van der Waals surface area contributed by atoms with Crippen molar-refractivity contribution in [3.05, 3.63) is 28.8 Å². The highest BCUT2D eigenvalue weighted by Crippen LogP contribution is 2.39. The van der Waals surface area contributed by atoms with Gasteiger partial charge in [0.15, 0.2) is 5.78 Å². The number of rotatable bonds is 4. The fourth-order valence-electron chi connectivity index (χ4n) is 1.54. The normalized spacial score (nSPS) is 12.1. The van der Waals surface area contributed by atoms with Gasteiger partial charge in [0.1, 0.15) is 5.75 Å². The van der Waals surface area contributed by atoms with Gasteiger partial charge in [-0.3, -0.25) is 4.79 Å². The maximum Gasteiger partial charge on any atom is 0.417 e. The van der Waals surface area contributed by atoms with Crippen LogP contribution in [0.15, 0.2) is 12.1 Å². The average Bonchev–Trinajstić information content (AvgIpc) is 2.25. The van der Waals surface area contributed by atoms with Crippen LogP contribution in [0.5, 0.6) is 5.75 Å². The van der Waals surface area contributed by atoms with E-state index >= 15 is 0 Å².